The summed E-state index contributed by atoms with van der Waals surface area (Å²) in [5, 5.41) is 8.50. The van der Waals surface area contributed by atoms with Crippen molar-refractivity contribution in [3.8, 4) is 0 Å². The molecule has 1 atom stereocenters. The molecule has 5 saturated carbocycles. The molecule has 0 radical (unpaired) electrons. The average molecular weight is 424 g/mol. The predicted molar refractivity (Wildman–Crippen MR) is 123 cm³/mol. The molecule has 6 aliphatic rings. The molecule has 1 N–H and O–H groups in total. The van der Waals surface area contributed by atoms with Crippen LogP contribution >= 0.6 is 0 Å². The number of nitrogens with zero attached hydrogens (tertiary/aromatic N) is 2. The average Bonchev–Trinajstić information content (AvgIpc) is 3.12. The van der Waals surface area contributed by atoms with Crippen LogP contribution in [0.25, 0.3) is 0 Å². The van der Waals surface area contributed by atoms with E-state index in [-0.39, 0.29) is 11.9 Å². The van der Waals surface area contributed by atoms with Crippen molar-refractivity contribution in [1.29, 1.82) is 0 Å². The monoisotopic (exact) mass is 423 g/mol. The van der Waals surface area contributed by atoms with E-state index in [1.54, 1.807) is 0 Å². The molecule has 31 heavy (non-hydrogen) atoms. The summed E-state index contributed by atoms with van der Waals surface area (Å²) >= 11 is 0. The van der Waals surface area contributed by atoms with E-state index in [2.05, 4.69) is 16.9 Å². The molecule has 0 aromatic carbocycles. The number of nitrogens with one attached hydrogen (secondary N) is 1. The van der Waals surface area contributed by atoms with Gasteiger partial charge in [0.05, 0.1) is 0 Å². The largest absolute Gasteiger partial charge is 0.348 e. The van der Waals surface area contributed by atoms with Gasteiger partial charge in [-0.25, -0.2) is 0 Å². The zero-order chi connectivity index (χ0) is 21.0. The Balaban J connectivity index is 1.21. The van der Waals surface area contributed by atoms with E-state index in [4.69, 9.17) is 5.10 Å². The Hall–Kier alpha value is -1.32. The fourth-order valence-electron chi connectivity index (χ4n) is 8.74. The molecule has 1 aromatic rings. The number of aromatic nitrogens is 2. The van der Waals surface area contributed by atoms with Crippen molar-refractivity contribution in [3.05, 3.63) is 17.0 Å². The van der Waals surface area contributed by atoms with Gasteiger partial charge in [-0.1, -0.05) is 19.3 Å². The third kappa shape index (κ3) is 3.66. The van der Waals surface area contributed by atoms with Crippen LogP contribution in [0.3, 0.4) is 0 Å². The first-order valence-corrected chi connectivity index (χ1v) is 13.5. The molecule has 1 heterocycles. The van der Waals surface area contributed by atoms with Crippen LogP contribution in [0.5, 0.6) is 0 Å². The van der Waals surface area contributed by atoms with Crippen molar-refractivity contribution in [1.82, 2.24) is 15.1 Å². The molecule has 4 nitrogen and oxygen atoms in total. The standard InChI is InChI=1S/C27H41N3O/c1-18(27-14-20-11-21(15-27)13-22(12-20)16-27)28-26(31)25-23-9-5-6-10-24(23)30(29-25)17-19-7-3-2-4-8-19/h18-22H,2-17H2,1H3,(H,28,31). The van der Waals surface area contributed by atoms with Gasteiger partial charge in [-0.3, -0.25) is 9.48 Å². The molecule has 1 amide bonds. The van der Waals surface area contributed by atoms with E-state index in [0.29, 0.717) is 5.41 Å². The molecule has 170 valence electrons. The number of hydrogen-bond acceptors (Lipinski definition) is 2. The van der Waals surface area contributed by atoms with E-state index >= 15 is 0 Å². The third-order valence-corrected chi connectivity index (χ3v) is 9.98. The minimum atomic E-state index is 0.115. The van der Waals surface area contributed by atoms with Crippen LogP contribution in [-0.2, 0) is 19.4 Å². The summed E-state index contributed by atoms with van der Waals surface area (Å²) in [6.45, 7) is 3.33. The molecule has 6 aliphatic carbocycles. The zero-order valence-electron chi connectivity index (χ0n) is 19.5. The number of rotatable bonds is 5. The second kappa shape index (κ2) is 7.92. The van der Waals surface area contributed by atoms with Crippen molar-refractivity contribution < 1.29 is 4.79 Å². The molecule has 0 spiro atoms. The van der Waals surface area contributed by atoms with Crippen LogP contribution in [0.1, 0.15) is 112 Å². The summed E-state index contributed by atoms with van der Waals surface area (Å²) in [5.74, 6) is 3.64. The first-order valence-electron chi connectivity index (χ1n) is 13.5. The van der Waals surface area contributed by atoms with Gasteiger partial charge >= 0.3 is 0 Å². The third-order valence-electron chi connectivity index (χ3n) is 9.98. The van der Waals surface area contributed by atoms with Crippen LogP contribution in [0.15, 0.2) is 0 Å². The first-order chi connectivity index (χ1) is 15.1. The van der Waals surface area contributed by atoms with Gasteiger partial charge in [0.2, 0.25) is 0 Å². The van der Waals surface area contributed by atoms with Crippen LogP contribution in [0.2, 0.25) is 0 Å². The van der Waals surface area contributed by atoms with Gasteiger partial charge in [0.25, 0.3) is 5.91 Å². The molecular weight excluding hydrogens is 382 g/mol. The van der Waals surface area contributed by atoms with Gasteiger partial charge in [0, 0.05) is 23.8 Å². The summed E-state index contributed by atoms with van der Waals surface area (Å²) in [6.07, 6.45) is 19.8. The van der Waals surface area contributed by atoms with Crippen LogP contribution < -0.4 is 5.32 Å². The topological polar surface area (TPSA) is 46.9 Å². The lowest BCUT2D eigenvalue weighted by atomic mass is 9.48. The molecule has 7 rings (SSSR count). The number of carbonyl (C=O) groups is 1. The zero-order valence-corrected chi connectivity index (χ0v) is 19.5. The fourth-order valence-corrected chi connectivity index (χ4v) is 8.74. The van der Waals surface area contributed by atoms with E-state index in [1.807, 2.05) is 0 Å². The Morgan fingerprint density at radius 2 is 1.65 bits per heavy atom. The molecule has 0 aliphatic heterocycles. The van der Waals surface area contributed by atoms with Crippen LogP contribution in [0.4, 0.5) is 0 Å². The summed E-state index contributed by atoms with van der Waals surface area (Å²) in [6, 6.07) is 0.274. The fraction of sp³-hybridized carbons (Fsp3) is 0.852. The SMILES string of the molecule is CC(NC(=O)c1nn(CC2CCCCC2)c2c1CCCC2)C12CC3CC(CC(C3)C1)C2. The Bertz CT molecular complexity index is 798. The molecule has 0 saturated heterocycles. The highest BCUT2D eigenvalue weighted by atomic mass is 16.2. The Morgan fingerprint density at radius 3 is 2.32 bits per heavy atom. The Kier molecular flexibility index (Phi) is 5.18. The van der Waals surface area contributed by atoms with E-state index in [0.717, 1.165) is 48.8 Å². The Morgan fingerprint density at radius 1 is 1.00 bits per heavy atom. The summed E-state index contributed by atoms with van der Waals surface area (Å²) in [4.78, 5) is 13.5. The van der Waals surface area contributed by atoms with Crippen molar-refractivity contribution in [3.63, 3.8) is 0 Å². The lowest BCUT2D eigenvalue weighted by Crippen LogP contribution is -2.55. The van der Waals surface area contributed by atoms with Crippen molar-refractivity contribution >= 4 is 5.91 Å². The molecule has 4 heteroatoms. The molecular formula is C27H41N3O. The van der Waals surface area contributed by atoms with E-state index < -0.39 is 0 Å². The van der Waals surface area contributed by atoms with Crippen molar-refractivity contribution in [2.75, 3.05) is 0 Å². The van der Waals surface area contributed by atoms with Gasteiger partial charge in [-0.15, -0.1) is 0 Å². The van der Waals surface area contributed by atoms with E-state index in [1.165, 1.54) is 94.7 Å². The second-order valence-electron chi connectivity index (χ2n) is 12.1. The minimum absolute atomic E-state index is 0.115. The lowest BCUT2D eigenvalue weighted by Gasteiger charge is -2.59. The first kappa shape index (κ1) is 20.3. The Labute approximate surface area is 187 Å². The van der Waals surface area contributed by atoms with Gasteiger partial charge < -0.3 is 5.32 Å². The summed E-state index contributed by atoms with van der Waals surface area (Å²) in [5.41, 5.74) is 3.78. The van der Waals surface area contributed by atoms with Crippen molar-refractivity contribution in [2.45, 2.75) is 116 Å². The maximum Gasteiger partial charge on any atom is 0.272 e. The van der Waals surface area contributed by atoms with Gasteiger partial charge in [-0.05, 0) is 113 Å². The highest BCUT2D eigenvalue weighted by Crippen LogP contribution is 2.61. The molecule has 1 aromatic heterocycles. The highest BCUT2D eigenvalue weighted by Gasteiger charge is 2.53. The van der Waals surface area contributed by atoms with Gasteiger partial charge in [0.15, 0.2) is 5.69 Å². The second-order valence-corrected chi connectivity index (χ2v) is 12.1. The lowest BCUT2D eigenvalue weighted by molar-refractivity contribution is -0.0688. The van der Waals surface area contributed by atoms with Gasteiger partial charge in [0.1, 0.15) is 0 Å². The normalized spacial score (nSPS) is 35.7. The smallest absolute Gasteiger partial charge is 0.272 e. The maximum atomic E-state index is 13.5. The van der Waals surface area contributed by atoms with Crippen LogP contribution in [0, 0.1) is 29.1 Å². The molecule has 5 fully saturated rings. The quantitative estimate of drug-likeness (QED) is 0.662. The highest BCUT2D eigenvalue weighted by molar-refractivity contribution is 5.94. The number of amides is 1. The predicted octanol–water partition coefficient (Wildman–Crippen LogP) is 5.68. The summed E-state index contributed by atoms with van der Waals surface area (Å²) in [7, 11) is 0. The number of hydrogen-bond donors (Lipinski definition) is 1. The van der Waals surface area contributed by atoms with Gasteiger partial charge in [-0.2, -0.15) is 5.10 Å². The van der Waals surface area contributed by atoms with E-state index in [9.17, 15) is 4.79 Å². The van der Waals surface area contributed by atoms with Crippen molar-refractivity contribution in [2.24, 2.45) is 29.1 Å². The number of carbonyl (C=O) groups excluding carboxylic acids is 1. The molecule has 1 unspecified atom stereocenters. The van der Waals surface area contributed by atoms with Crippen LogP contribution in [-0.4, -0.2) is 21.7 Å². The molecule has 4 bridgehead atoms. The number of fused-ring (bicyclic) bond motifs is 1. The minimum Gasteiger partial charge on any atom is -0.348 e. The maximum absolute atomic E-state index is 13.5. The summed E-state index contributed by atoms with van der Waals surface area (Å²) < 4.78 is 2.26.